The molecule has 2 heterocycles. The standard InChI is InChI=1S/C19H22N6O/c20-14-16-3-1-4-17(13-16)15-21-8-5-18(26)24-9-11-25(12-10-24)19-22-6-2-7-23-19/h1-4,6-7,13,21H,5,8-12,15H2. The van der Waals surface area contributed by atoms with Gasteiger partial charge in [0.2, 0.25) is 11.9 Å². The number of amides is 1. The summed E-state index contributed by atoms with van der Waals surface area (Å²) in [5.74, 6) is 0.887. The highest BCUT2D eigenvalue weighted by Gasteiger charge is 2.21. The molecule has 0 unspecified atom stereocenters. The number of anilines is 1. The van der Waals surface area contributed by atoms with Crippen LogP contribution in [0.5, 0.6) is 0 Å². The van der Waals surface area contributed by atoms with Gasteiger partial charge in [0.25, 0.3) is 0 Å². The van der Waals surface area contributed by atoms with Crippen LogP contribution >= 0.6 is 0 Å². The van der Waals surface area contributed by atoms with Gasteiger partial charge >= 0.3 is 0 Å². The van der Waals surface area contributed by atoms with E-state index >= 15 is 0 Å². The van der Waals surface area contributed by atoms with Crippen LogP contribution in [0.2, 0.25) is 0 Å². The second-order valence-electron chi connectivity index (χ2n) is 6.16. The van der Waals surface area contributed by atoms with Crippen molar-refractivity contribution in [3.63, 3.8) is 0 Å². The third kappa shape index (κ3) is 4.77. The van der Waals surface area contributed by atoms with Crippen molar-refractivity contribution in [1.82, 2.24) is 20.2 Å². The Morgan fingerprint density at radius 3 is 2.65 bits per heavy atom. The Morgan fingerprint density at radius 1 is 1.15 bits per heavy atom. The van der Waals surface area contributed by atoms with Crippen molar-refractivity contribution < 1.29 is 4.79 Å². The zero-order valence-electron chi connectivity index (χ0n) is 14.6. The van der Waals surface area contributed by atoms with Crippen LogP contribution in [0, 0.1) is 11.3 Å². The van der Waals surface area contributed by atoms with Gasteiger partial charge in [-0.3, -0.25) is 4.79 Å². The first kappa shape index (κ1) is 17.8. The van der Waals surface area contributed by atoms with E-state index < -0.39 is 0 Å². The number of piperazine rings is 1. The Hall–Kier alpha value is -2.98. The minimum absolute atomic E-state index is 0.164. The maximum atomic E-state index is 12.3. The lowest BCUT2D eigenvalue weighted by Gasteiger charge is -2.34. The number of hydrogen-bond donors (Lipinski definition) is 1. The van der Waals surface area contributed by atoms with E-state index in [2.05, 4.69) is 26.3 Å². The van der Waals surface area contributed by atoms with Crippen LogP contribution in [-0.2, 0) is 11.3 Å². The number of rotatable bonds is 6. The molecule has 1 aliphatic rings. The fraction of sp³-hybridized carbons (Fsp3) is 0.368. The summed E-state index contributed by atoms with van der Waals surface area (Å²) in [5.41, 5.74) is 1.70. The molecule has 2 aromatic rings. The first-order chi connectivity index (χ1) is 12.8. The fourth-order valence-corrected chi connectivity index (χ4v) is 2.95. The summed E-state index contributed by atoms with van der Waals surface area (Å²) in [6.07, 6.45) is 3.94. The summed E-state index contributed by atoms with van der Waals surface area (Å²) < 4.78 is 0. The van der Waals surface area contributed by atoms with E-state index in [4.69, 9.17) is 5.26 Å². The molecular formula is C19H22N6O. The molecule has 7 heteroatoms. The minimum atomic E-state index is 0.164. The first-order valence-corrected chi connectivity index (χ1v) is 8.76. The molecule has 0 spiro atoms. The monoisotopic (exact) mass is 350 g/mol. The first-order valence-electron chi connectivity index (χ1n) is 8.76. The maximum absolute atomic E-state index is 12.3. The lowest BCUT2D eigenvalue weighted by molar-refractivity contribution is -0.131. The van der Waals surface area contributed by atoms with Gasteiger partial charge in [-0.1, -0.05) is 12.1 Å². The molecule has 26 heavy (non-hydrogen) atoms. The molecule has 0 bridgehead atoms. The third-order valence-corrected chi connectivity index (χ3v) is 4.37. The highest BCUT2D eigenvalue weighted by molar-refractivity contribution is 5.76. The molecule has 1 aromatic carbocycles. The smallest absolute Gasteiger partial charge is 0.225 e. The lowest BCUT2D eigenvalue weighted by Crippen LogP contribution is -2.49. The quantitative estimate of drug-likeness (QED) is 0.788. The maximum Gasteiger partial charge on any atom is 0.225 e. The van der Waals surface area contributed by atoms with Crippen molar-refractivity contribution in [2.75, 3.05) is 37.6 Å². The molecule has 1 amide bonds. The predicted octanol–water partition coefficient (Wildman–Crippen LogP) is 1.18. The van der Waals surface area contributed by atoms with Crippen LogP contribution in [0.3, 0.4) is 0 Å². The van der Waals surface area contributed by atoms with Gasteiger partial charge in [-0.05, 0) is 23.8 Å². The van der Waals surface area contributed by atoms with Gasteiger partial charge in [-0.15, -0.1) is 0 Å². The molecule has 0 radical (unpaired) electrons. The van der Waals surface area contributed by atoms with E-state index in [0.29, 0.717) is 38.2 Å². The van der Waals surface area contributed by atoms with Gasteiger partial charge < -0.3 is 15.1 Å². The lowest BCUT2D eigenvalue weighted by atomic mass is 10.1. The molecule has 1 aliphatic heterocycles. The molecular weight excluding hydrogens is 328 g/mol. The zero-order valence-corrected chi connectivity index (χ0v) is 14.6. The summed E-state index contributed by atoms with van der Waals surface area (Å²) >= 11 is 0. The number of nitrogens with zero attached hydrogens (tertiary/aromatic N) is 5. The Labute approximate surface area is 153 Å². The predicted molar refractivity (Wildman–Crippen MR) is 98.3 cm³/mol. The highest BCUT2D eigenvalue weighted by Crippen LogP contribution is 2.10. The second-order valence-corrected chi connectivity index (χ2v) is 6.16. The summed E-state index contributed by atoms with van der Waals surface area (Å²) in [5, 5.41) is 12.2. The van der Waals surface area contributed by atoms with Crippen molar-refractivity contribution >= 4 is 11.9 Å². The largest absolute Gasteiger partial charge is 0.339 e. The average Bonchev–Trinajstić information content (AvgIpc) is 2.72. The molecule has 1 N–H and O–H groups in total. The van der Waals surface area contributed by atoms with Crippen molar-refractivity contribution in [3.05, 3.63) is 53.9 Å². The van der Waals surface area contributed by atoms with Crippen LogP contribution in [0.25, 0.3) is 0 Å². The van der Waals surface area contributed by atoms with Crippen molar-refractivity contribution in [3.8, 4) is 6.07 Å². The second kappa shape index (κ2) is 8.92. The Kier molecular flexibility index (Phi) is 6.12. The van der Waals surface area contributed by atoms with E-state index in [9.17, 15) is 4.79 Å². The summed E-state index contributed by atoms with van der Waals surface area (Å²) in [4.78, 5) is 24.9. The molecule has 0 saturated carbocycles. The van der Waals surface area contributed by atoms with Crippen molar-refractivity contribution in [1.29, 1.82) is 5.26 Å². The number of carbonyl (C=O) groups is 1. The molecule has 7 nitrogen and oxygen atoms in total. The average molecular weight is 350 g/mol. The van der Waals surface area contributed by atoms with Gasteiger partial charge in [-0.2, -0.15) is 5.26 Å². The minimum Gasteiger partial charge on any atom is -0.339 e. The SMILES string of the molecule is N#Cc1cccc(CNCCC(=O)N2CCN(c3ncccn3)CC2)c1. The van der Waals surface area contributed by atoms with Gasteiger partial charge in [0, 0.05) is 58.1 Å². The van der Waals surface area contributed by atoms with Crippen molar-refractivity contribution in [2.24, 2.45) is 0 Å². The normalized spacial score (nSPS) is 14.1. The number of aromatic nitrogens is 2. The van der Waals surface area contributed by atoms with Crippen LogP contribution in [-0.4, -0.2) is 53.5 Å². The molecule has 1 fully saturated rings. The van der Waals surface area contributed by atoms with E-state index in [-0.39, 0.29) is 5.91 Å². The Morgan fingerprint density at radius 2 is 1.92 bits per heavy atom. The van der Waals surface area contributed by atoms with Crippen LogP contribution in [0.1, 0.15) is 17.5 Å². The number of benzene rings is 1. The number of nitrogens with one attached hydrogen (secondary N) is 1. The molecule has 1 saturated heterocycles. The van der Waals surface area contributed by atoms with E-state index in [1.165, 1.54) is 0 Å². The molecule has 3 rings (SSSR count). The molecule has 0 atom stereocenters. The number of hydrogen-bond acceptors (Lipinski definition) is 6. The third-order valence-electron chi connectivity index (χ3n) is 4.37. The van der Waals surface area contributed by atoms with Crippen LogP contribution in [0.4, 0.5) is 5.95 Å². The zero-order chi connectivity index (χ0) is 18.2. The van der Waals surface area contributed by atoms with E-state index in [1.54, 1.807) is 24.5 Å². The van der Waals surface area contributed by atoms with E-state index in [0.717, 1.165) is 24.6 Å². The summed E-state index contributed by atoms with van der Waals surface area (Å²) in [7, 11) is 0. The van der Waals surface area contributed by atoms with Gasteiger partial charge in [0.1, 0.15) is 0 Å². The number of carbonyl (C=O) groups excluding carboxylic acids is 1. The van der Waals surface area contributed by atoms with Crippen LogP contribution < -0.4 is 10.2 Å². The molecule has 1 aromatic heterocycles. The summed E-state index contributed by atoms with van der Waals surface area (Å²) in [6.45, 7) is 4.18. The summed E-state index contributed by atoms with van der Waals surface area (Å²) in [6, 6.07) is 11.4. The molecule has 134 valence electrons. The Balaban J connectivity index is 1.37. The van der Waals surface area contributed by atoms with Gasteiger partial charge in [-0.25, -0.2) is 9.97 Å². The highest BCUT2D eigenvalue weighted by atomic mass is 16.2. The van der Waals surface area contributed by atoms with E-state index in [1.807, 2.05) is 23.1 Å². The van der Waals surface area contributed by atoms with Gasteiger partial charge in [0.05, 0.1) is 11.6 Å². The topological polar surface area (TPSA) is 85.2 Å². The van der Waals surface area contributed by atoms with Crippen molar-refractivity contribution in [2.45, 2.75) is 13.0 Å². The Bertz CT molecular complexity index is 765. The number of nitriles is 1. The fourth-order valence-electron chi connectivity index (χ4n) is 2.95. The molecule has 0 aliphatic carbocycles. The van der Waals surface area contributed by atoms with Crippen LogP contribution in [0.15, 0.2) is 42.7 Å². The van der Waals surface area contributed by atoms with Gasteiger partial charge in [0.15, 0.2) is 0 Å².